The van der Waals surface area contributed by atoms with Gasteiger partial charge in [0.05, 0.1) is 12.9 Å². The number of hydrogen-bond donors (Lipinski definition) is 1. The Labute approximate surface area is 190 Å². The van der Waals surface area contributed by atoms with Crippen molar-refractivity contribution in [2.45, 2.75) is 52.0 Å². The summed E-state index contributed by atoms with van der Waals surface area (Å²) in [6.07, 6.45) is 1.45. The lowest BCUT2D eigenvalue weighted by molar-refractivity contribution is -0.139. The van der Waals surface area contributed by atoms with E-state index in [1.165, 1.54) is 5.56 Å². The van der Waals surface area contributed by atoms with Gasteiger partial charge in [0.1, 0.15) is 11.8 Å². The summed E-state index contributed by atoms with van der Waals surface area (Å²) in [5.74, 6) is 1.78. The van der Waals surface area contributed by atoms with Crippen LogP contribution in [0.3, 0.4) is 0 Å². The van der Waals surface area contributed by atoms with Crippen LogP contribution in [0, 0.1) is 6.92 Å². The Morgan fingerprint density at radius 1 is 1.03 bits per heavy atom. The van der Waals surface area contributed by atoms with E-state index in [9.17, 15) is 9.59 Å². The van der Waals surface area contributed by atoms with Crippen LogP contribution in [0.25, 0.3) is 0 Å². The zero-order valence-electron chi connectivity index (χ0n) is 19.0. The molecule has 0 saturated carbocycles. The minimum Gasteiger partial charge on any atom is -0.497 e. The first-order chi connectivity index (χ1) is 15.0. The fourth-order valence-corrected chi connectivity index (χ4v) is 4.11. The number of nitrogens with one attached hydrogen (secondary N) is 1. The molecule has 168 valence electrons. The largest absolute Gasteiger partial charge is 0.497 e. The Morgan fingerprint density at radius 3 is 2.26 bits per heavy atom. The monoisotopic (exact) mass is 442 g/mol. The third-order valence-corrected chi connectivity index (χ3v) is 6.05. The molecule has 2 aromatic rings. The Morgan fingerprint density at radius 2 is 1.68 bits per heavy atom. The predicted molar refractivity (Wildman–Crippen MR) is 128 cm³/mol. The summed E-state index contributed by atoms with van der Waals surface area (Å²) in [4.78, 5) is 27.7. The number of thioether (sulfide) groups is 1. The molecule has 2 amide bonds. The number of rotatable bonds is 12. The van der Waals surface area contributed by atoms with Crippen molar-refractivity contribution in [1.29, 1.82) is 0 Å². The first kappa shape index (κ1) is 24.8. The average Bonchev–Trinajstić information content (AvgIpc) is 2.79. The molecule has 0 aliphatic carbocycles. The quantitative estimate of drug-likeness (QED) is 0.523. The van der Waals surface area contributed by atoms with Crippen LogP contribution in [0.5, 0.6) is 5.75 Å². The van der Waals surface area contributed by atoms with Crippen molar-refractivity contribution >= 4 is 23.6 Å². The summed E-state index contributed by atoms with van der Waals surface area (Å²) in [6.45, 7) is 7.06. The molecule has 0 fully saturated rings. The molecule has 0 radical (unpaired) electrons. The highest BCUT2D eigenvalue weighted by Crippen LogP contribution is 2.19. The molecule has 5 nitrogen and oxygen atoms in total. The van der Waals surface area contributed by atoms with Gasteiger partial charge in [-0.15, -0.1) is 11.8 Å². The number of hydrogen-bond acceptors (Lipinski definition) is 4. The number of benzene rings is 2. The molecular formula is C25H34N2O3S. The van der Waals surface area contributed by atoms with Gasteiger partial charge in [-0.1, -0.05) is 55.8 Å². The van der Waals surface area contributed by atoms with Crippen LogP contribution in [-0.4, -0.2) is 42.2 Å². The Kier molecular flexibility index (Phi) is 10.4. The fourth-order valence-electron chi connectivity index (χ4n) is 3.24. The first-order valence-electron chi connectivity index (χ1n) is 10.8. The van der Waals surface area contributed by atoms with Gasteiger partial charge in [-0.25, -0.2) is 0 Å². The smallest absolute Gasteiger partial charge is 0.242 e. The molecule has 0 bridgehead atoms. The summed E-state index contributed by atoms with van der Waals surface area (Å²) < 4.78 is 5.19. The maximum atomic E-state index is 13.2. The summed E-state index contributed by atoms with van der Waals surface area (Å²) in [5.41, 5.74) is 3.33. The number of ether oxygens (including phenoxy) is 1. The minimum atomic E-state index is -0.470. The van der Waals surface area contributed by atoms with Gasteiger partial charge in [-0.2, -0.15) is 0 Å². The highest BCUT2D eigenvalue weighted by Gasteiger charge is 2.28. The van der Waals surface area contributed by atoms with E-state index in [1.54, 1.807) is 23.8 Å². The van der Waals surface area contributed by atoms with Crippen LogP contribution in [0.1, 0.15) is 43.4 Å². The standard InChI is InChI=1S/C25H34N2O3S/c1-5-15-26-25(29)23(6-2)27(16-20-9-7-19(3)8-10-20)24(28)18-31-17-21-11-13-22(30-4)14-12-21/h7-14,23H,5-6,15-18H2,1-4H3,(H,26,29)/t23-/m1/s1. The number of methoxy groups -OCH3 is 1. The summed E-state index contributed by atoms with van der Waals surface area (Å²) in [6, 6.07) is 15.5. The highest BCUT2D eigenvalue weighted by molar-refractivity contribution is 7.99. The molecule has 31 heavy (non-hydrogen) atoms. The lowest BCUT2D eigenvalue weighted by Crippen LogP contribution is -2.49. The van der Waals surface area contributed by atoms with E-state index in [0.29, 0.717) is 25.3 Å². The lowest BCUT2D eigenvalue weighted by atomic mass is 10.1. The Hall–Kier alpha value is -2.47. The van der Waals surface area contributed by atoms with Gasteiger partial charge in [0.2, 0.25) is 11.8 Å². The van der Waals surface area contributed by atoms with Gasteiger partial charge in [0, 0.05) is 18.8 Å². The Bertz CT molecular complexity index is 822. The fraction of sp³-hybridized carbons (Fsp3) is 0.440. The maximum absolute atomic E-state index is 13.2. The van der Waals surface area contributed by atoms with Crippen LogP contribution in [0.15, 0.2) is 48.5 Å². The van der Waals surface area contributed by atoms with E-state index in [1.807, 2.05) is 69.3 Å². The molecule has 0 aromatic heterocycles. The van der Waals surface area contributed by atoms with Crippen LogP contribution in [0.2, 0.25) is 0 Å². The zero-order chi connectivity index (χ0) is 22.6. The second-order valence-corrected chi connectivity index (χ2v) is 8.55. The van der Waals surface area contributed by atoms with E-state index in [4.69, 9.17) is 4.74 Å². The van der Waals surface area contributed by atoms with E-state index in [2.05, 4.69) is 5.32 Å². The number of carbonyl (C=O) groups is 2. The van der Waals surface area contributed by atoms with E-state index < -0.39 is 6.04 Å². The van der Waals surface area contributed by atoms with Crippen molar-refractivity contribution in [2.24, 2.45) is 0 Å². The van der Waals surface area contributed by atoms with E-state index in [0.717, 1.165) is 29.1 Å². The van der Waals surface area contributed by atoms with Crippen LogP contribution in [-0.2, 0) is 21.9 Å². The van der Waals surface area contributed by atoms with Crippen molar-refractivity contribution in [3.63, 3.8) is 0 Å². The summed E-state index contributed by atoms with van der Waals surface area (Å²) in [7, 11) is 1.64. The normalized spacial score (nSPS) is 11.6. The van der Waals surface area contributed by atoms with E-state index >= 15 is 0 Å². The highest BCUT2D eigenvalue weighted by atomic mass is 32.2. The zero-order valence-corrected chi connectivity index (χ0v) is 19.8. The van der Waals surface area contributed by atoms with Crippen LogP contribution >= 0.6 is 11.8 Å². The summed E-state index contributed by atoms with van der Waals surface area (Å²) >= 11 is 1.56. The molecule has 0 unspecified atom stereocenters. The minimum absolute atomic E-state index is 0.0161. The van der Waals surface area contributed by atoms with Gasteiger partial charge < -0.3 is 15.0 Å². The van der Waals surface area contributed by atoms with Crippen molar-refractivity contribution in [3.8, 4) is 5.75 Å². The van der Waals surface area contributed by atoms with Crippen molar-refractivity contribution < 1.29 is 14.3 Å². The van der Waals surface area contributed by atoms with Gasteiger partial charge >= 0.3 is 0 Å². The van der Waals surface area contributed by atoms with Crippen LogP contribution in [0.4, 0.5) is 0 Å². The molecule has 1 N–H and O–H groups in total. The SMILES string of the molecule is CCCNC(=O)[C@@H](CC)N(Cc1ccc(C)cc1)C(=O)CSCc1ccc(OC)cc1. The van der Waals surface area contributed by atoms with Crippen molar-refractivity contribution in [3.05, 3.63) is 65.2 Å². The molecule has 0 aliphatic rings. The second-order valence-electron chi connectivity index (χ2n) is 7.56. The molecule has 0 saturated heterocycles. The molecular weight excluding hydrogens is 408 g/mol. The lowest BCUT2D eigenvalue weighted by Gasteiger charge is -2.30. The molecule has 0 heterocycles. The third kappa shape index (κ3) is 7.94. The maximum Gasteiger partial charge on any atom is 0.242 e. The van der Waals surface area contributed by atoms with Gasteiger partial charge in [0.25, 0.3) is 0 Å². The topological polar surface area (TPSA) is 58.6 Å². The van der Waals surface area contributed by atoms with E-state index in [-0.39, 0.29) is 11.8 Å². The number of aryl methyl sites for hydroxylation is 1. The first-order valence-corrected chi connectivity index (χ1v) is 12.0. The van der Waals surface area contributed by atoms with Crippen LogP contribution < -0.4 is 10.1 Å². The molecule has 2 aromatic carbocycles. The Balaban J connectivity index is 2.07. The molecule has 0 aliphatic heterocycles. The van der Waals surface area contributed by atoms with Crippen molar-refractivity contribution in [2.75, 3.05) is 19.4 Å². The molecule has 0 spiro atoms. The molecule has 6 heteroatoms. The van der Waals surface area contributed by atoms with Crippen molar-refractivity contribution in [1.82, 2.24) is 10.2 Å². The number of nitrogens with zero attached hydrogens (tertiary/aromatic N) is 1. The van der Waals surface area contributed by atoms with Gasteiger partial charge in [-0.05, 0) is 43.0 Å². The predicted octanol–water partition coefficient (Wildman–Crippen LogP) is 4.57. The van der Waals surface area contributed by atoms with Gasteiger partial charge in [-0.3, -0.25) is 9.59 Å². The third-order valence-electron chi connectivity index (χ3n) is 5.06. The van der Waals surface area contributed by atoms with Gasteiger partial charge in [0.15, 0.2) is 0 Å². The molecule has 2 rings (SSSR count). The number of carbonyl (C=O) groups excluding carboxylic acids is 2. The molecule has 1 atom stereocenters. The average molecular weight is 443 g/mol. The number of amides is 2. The summed E-state index contributed by atoms with van der Waals surface area (Å²) in [5, 5.41) is 2.95. The second kappa shape index (κ2) is 13.1.